The molecule has 1 atom stereocenters. The number of benzene rings is 1. The van der Waals surface area contributed by atoms with E-state index in [-0.39, 0.29) is 12.0 Å². The van der Waals surface area contributed by atoms with E-state index in [0.717, 1.165) is 51.1 Å². The lowest BCUT2D eigenvalue weighted by Crippen LogP contribution is -2.56. The summed E-state index contributed by atoms with van der Waals surface area (Å²) in [7, 11) is 0. The SMILES string of the molecule is CC(=O)N1CCCC(O)(CN2CCC(Oc3cccc4c3ccn4C3CCCC3)CC2)C1. The number of nitrogens with zero attached hydrogens (tertiary/aromatic N) is 3. The fourth-order valence-corrected chi connectivity index (χ4v) is 6.06. The van der Waals surface area contributed by atoms with Crippen molar-refractivity contribution >= 4 is 16.8 Å². The summed E-state index contributed by atoms with van der Waals surface area (Å²) in [6.07, 6.45) is 11.3. The first-order chi connectivity index (χ1) is 15.5. The van der Waals surface area contributed by atoms with Crippen molar-refractivity contribution < 1.29 is 14.6 Å². The van der Waals surface area contributed by atoms with Crippen LogP contribution in [0.2, 0.25) is 0 Å². The van der Waals surface area contributed by atoms with Crippen LogP contribution in [0.15, 0.2) is 30.5 Å². The van der Waals surface area contributed by atoms with Gasteiger partial charge in [-0.2, -0.15) is 0 Å². The van der Waals surface area contributed by atoms with Gasteiger partial charge in [0, 0.05) is 50.7 Å². The third kappa shape index (κ3) is 4.53. The van der Waals surface area contributed by atoms with Crippen molar-refractivity contribution in [3.05, 3.63) is 30.5 Å². The minimum Gasteiger partial charge on any atom is -0.490 e. The van der Waals surface area contributed by atoms with Crippen molar-refractivity contribution in [3.63, 3.8) is 0 Å². The van der Waals surface area contributed by atoms with Gasteiger partial charge in [-0.05, 0) is 56.7 Å². The molecule has 0 spiro atoms. The normalized spacial score (nSPS) is 26.1. The van der Waals surface area contributed by atoms with Crippen LogP contribution in [0, 0.1) is 0 Å². The minimum atomic E-state index is -0.785. The minimum absolute atomic E-state index is 0.0613. The summed E-state index contributed by atoms with van der Waals surface area (Å²) in [6, 6.07) is 9.30. The van der Waals surface area contributed by atoms with Gasteiger partial charge in [-0.25, -0.2) is 0 Å². The zero-order valence-corrected chi connectivity index (χ0v) is 19.3. The van der Waals surface area contributed by atoms with Gasteiger partial charge >= 0.3 is 0 Å². The molecule has 0 radical (unpaired) electrons. The average molecular weight is 440 g/mol. The fraction of sp³-hybridized carbons (Fsp3) is 0.654. The summed E-state index contributed by atoms with van der Waals surface area (Å²) in [4.78, 5) is 15.9. The first kappa shape index (κ1) is 21.8. The monoisotopic (exact) mass is 439 g/mol. The molecule has 5 rings (SSSR count). The van der Waals surface area contributed by atoms with Crippen LogP contribution >= 0.6 is 0 Å². The molecule has 1 unspecified atom stereocenters. The Morgan fingerprint density at radius 2 is 1.88 bits per heavy atom. The lowest BCUT2D eigenvalue weighted by molar-refractivity contribution is -0.137. The molecule has 2 saturated heterocycles. The van der Waals surface area contributed by atoms with Gasteiger partial charge in [0.2, 0.25) is 5.91 Å². The molecule has 2 aromatic rings. The van der Waals surface area contributed by atoms with Crippen LogP contribution in [0.25, 0.3) is 10.9 Å². The van der Waals surface area contributed by atoms with Gasteiger partial charge in [-0.3, -0.25) is 4.79 Å². The van der Waals surface area contributed by atoms with E-state index < -0.39 is 5.60 Å². The quantitative estimate of drug-likeness (QED) is 0.766. The zero-order chi connectivity index (χ0) is 22.1. The summed E-state index contributed by atoms with van der Waals surface area (Å²) >= 11 is 0. The largest absolute Gasteiger partial charge is 0.490 e. The molecule has 1 aromatic heterocycles. The molecule has 3 aliphatic rings. The molecular weight excluding hydrogens is 402 g/mol. The third-order valence-corrected chi connectivity index (χ3v) is 7.79. The van der Waals surface area contributed by atoms with Crippen LogP contribution in [0.1, 0.15) is 64.3 Å². The van der Waals surface area contributed by atoms with E-state index in [9.17, 15) is 9.90 Å². The summed E-state index contributed by atoms with van der Waals surface area (Å²) in [5, 5.41) is 12.3. The Morgan fingerprint density at radius 1 is 1.09 bits per heavy atom. The predicted octanol–water partition coefficient (Wildman–Crippen LogP) is 3.97. The number of hydrogen-bond acceptors (Lipinski definition) is 4. The fourth-order valence-electron chi connectivity index (χ4n) is 6.06. The molecule has 6 nitrogen and oxygen atoms in total. The molecule has 174 valence electrons. The molecule has 3 fully saturated rings. The number of aliphatic hydroxyl groups is 1. The molecule has 1 amide bonds. The van der Waals surface area contributed by atoms with Gasteiger partial charge < -0.3 is 24.2 Å². The van der Waals surface area contributed by atoms with Crippen LogP contribution in [0.5, 0.6) is 5.75 Å². The van der Waals surface area contributed by atoms with Gasteiger partial charge in [-0.1, -0.05) is 18.9 Å². The predicted molar refractivity (Wildman–Crippen MR) is 126 cm³/mol. The first-order valence-corrected chi connectivity index (χ1v) is 12.5. The Morgan fingerprint density at radius 3 is 2.62 bits per heavy atom. The Hall–Kier alpha value is -2.05. The highest BCUT2D eigenvalue weighted by atomic mass is 16.5. The molecule has 32 heavy (non-hydrogen) atoms. The maximum absolute atomic E-state index is 11.7. The third-order valence-electron chi connectivity index (χ3n) is 7.79. The van der Waals surface area contributed by atoms with E-state index >= 15 is 0 Å². The second-order valence-corrected chi connectivity index (χ2v) is 10.2. The number of piperidine rings is 2. The van der Waals surface area contributed by atoms with Crippen molar-refractivity contribution in [1.29, 1.82) is 0 Å². The van der Waals surface area contributed by atoms with Crippen molar-refractivity contribution in [2.24, 2.45) is 0 Å². The van der Waals surface area contributed by atoms with Crippen LogP contribution < -0.4 is 4.74 Å². The summed E-state index contributed by atoms with van der Waals surface area (Å²) in [6.45, 7) is 5.30. The molecule has 6 heteroatoms. The number of carbonyl (C=O) groups is 1. The van der Waals surface area contributed by atoms with Crippen LogP contribution in [-0.2, 0) is 4.79 Å². The second kappa shape index (κ2) is 9.06. The Bertz CT molecular complexity index is 943. The van der Waals surface area contributed by atoms with Gasteiger partial charge in [0.05, 0.1) is 17.7 Å². The van der Waals surface area contributed by atoms with Crippen molar-refractivity contribution in [2.75, 3.05) is 32.7 Å². The maximum atomic E-state index is 11.7. The van der Waals surface area contributed by atoms with Crippen molar-refractivity contribution in [3.8, 4) is 5.75 Å². The number of fused-ring (bicyclic) bond motifs is 1. The first-order valence-electron chi connectivity index (χ1n) is 12.5. The molecule has 1 N–H and O–H groups in total. The number of amides is 1. The van der Waals surface area contributed by atoms with Crippen LogP contribution in [0.3, 0.4) is 0 Å². The molecular formula is C26H37N3O3. The van der Waals surface area contributed by atoms with Gasteiger partial charge in [0.1, 0.15) is 11.9 Å². The number of ether oxygens (including phenoxy) is 1. The smallest absolute Gasteiger partial charge is 0.219 e. The van der Waals surface area contributed by atoms with E-state index in [0.29, 0.717) is 19.1 Å². The molecule has 2 aliphatic heterocycles. The average Bonchev–Trinajstić information content (AvgIpc) is 3.45. The standard InChI is InChI=1S/C26H37N3O3/c1-20(30)28-14-5-13-26(31,19-28)18-27-15-10-22(11-16-27)32-25-9-4-8-24-23(25)12-17-29(24)21-6-2-3-7-21/h4,8-9,12,17,21-22,31H,2-3,5-7,10-11,13-16,18-19H2,1H3. The summed E-state index contributed by atoms with van der Waals surface area (Å²) in [5.41, 5.74) is 0.508. The van der Waals surface area contributed by atoms with Gasteiger partial charge in [0.25, 0.3) is 0 Å². The molecule has 1 saturated carbocycles. The van der Waals surface area contributed by atoms with Gasteiger partial charge in [-0.15, -0.1) is 0 Å². The number of aromatic nitrogens is 1. The van der Waals surface area contributed by atoms with Crippen LogP contribution in [0.4, 0.5) is 0 Å². The highest BCUT2D eigenvalue weighted by Gasteiger charge is 2.37. The van der Waals surface area contributed by atoms with E-state index in [1.165, 1.54) is 36.6 Å². The van der Waals surface area contributed by atoms with E-state index in [1.54, 1.807) is 11.8 Å². The maximum Gasteiger partial charge on any atom is 0.219 e. The number of carbonyl (C=O) groups excluding carboxylic acids is 1. The Balaban J connectivity index is 1.18. The number of rotatable bonds is 5. The van der Waals surface area contributed by atoms with Crippen LogP contribution in [-0.4, -0.2) is 69.8 Å². The van der Waals surface area contributed by atoms with Gasteiger partial charge in [0.15, 0.2) is 0 Å². The van der Waals surface area contributed by atoms with Crippen molar-refractivity contribution in [2.45, 2.75) is 76.0 Å². The topological polar surface area (TPSA) is 57.9 Å². The molecule has 1 aromatic carbocycles. The number of β-amino-alcohol motifs (C(OH)–C–C–N with tert-alkyl or cyclic N) is 1. The zero-order valence-electron chi connectivity index (χ0n) is 19.3. The number of likely N-dealkylation sites (tertiary alicyclic amines) is 2. The Kier molecular flexibility index (Phi) is 6.17. The number of hydrogen-bond donors (Lipinski definition) is 1. The molecule has 1 aliphatic carbocycles. The highest BCUT2D eigenvalue weighted by Crippen LogP contribution is 2.36. The molecule has 3 heterocycles. The lowest BCUT2D eigenvalue weighted by atomic mass is 9.91. The molecule has 0 bridgehead atoms. The highest BCUT2D eigenvalue weighted by molar-refractivity contribution is 5.86. The van der Waals surface area contributed by atoms with E-state index in [4.69, 9.17) is 4.74 Å². The Labute approximate surface area is 191 Å². The summed E-state index contributed by atoms with van der Waals surface area (Å²) in [5.74, 6) is 1.06. The van der Waals surface area contributed by atoms with E-state index in [2.05, 4.69) is 39.9 Å². The summed E-state index contributed by atoms with van der Waals surface area (Å²) < 4.78 is 8.95. The van der Waals surface area contributed by atoms with Crippen molar-refractivity contribution in [1.82, 2.24) is 14.4 Å². The van der Waals surface area contributed by atoms with E-state index in [1.807, 2.05) is 0 Å². The second-order valence-electron chi connectivity index (χ2n) is 10.2. The lowest BCUT2D eigenvalue weighted by Gasteiger charge is -2.43.